The molecule has 1 saturated heterocycles. The van der Waals surface area contributed by atoms with Crippen molar-refractivity contribution in [2.24, 2.45) is 0 Å². The molecule has 1 fully saturated rings. The molecule has 29 heavy (non-hydrogen) atoms. The molecule has 5 nitrogen and oxygen atoms in total. The quantitative estimate of drug-likeness (QED) is 0.620. The number of benzene rings is 2. The summed E-state index contributed by atoms with van der Waals surface area (Å²) in [5.74, 6) is 0. The summed E-state index contributed by atoms with van der Waals surface area (Å²) in [7, 11) is -3.61. The maximum absolute atomic E-state index is 13.2. The molecule has 1 aromatic heterocycles. The third kappa shape index (κ3) is 4.10. The molecule has 0 spiro atoms. The van der Waals surface area contributed by atoms with Crippen molar-refractivity contribution >= 4 is 20.9 Å². The molecule has 1 aliphatic rings. The summed E-state index contributed by atoms with van der Waals surface area (Å²) in [6, 6.07) is 14.9. The van der Waals surface area contributed by atoms with Gasteiger partial charge in [0.05, 0.1) is 10.4 Å². The predicted octanol–water partition coefficient (Wildman–Crippen LogP) is 3.71. The highest BCUT2D eigenvalue weighted by molar-refractivity contribution is 7.90. The zero-order chi connectivity index (χ0) is 20.4. The van der Waals surface area contributed by atoms with Crippen LogP contribution in [0.1, 0.15) is 24.5 Å². The lowest BCUT2D eigenvalue weighted by molar-refractivity contribution is 0.127. The van der Waals surface area contributed by atoms with E-state index in [1.165, 1.54) is 22.5 Å². The van der Waals surface area contributed by atoms with Crippen LogP contribution in [0.15, 0.2) is 59.6 Å². The first-order valence-electron chi connectivity index (χ1n) is 10.3. The fourth-order valence-corrected chi connectivity index (χ4v) is 5.45. The Morgan fingerprint density at radius 1 is 0.897 bits per heavy atom. The highest BCUT2D eigenvalue weighted by Gasteiger charge is 2.21. The number of nitrogens with zero attached hydrogens (tertiary/aromatic N) is 3. The van der Waals surface area contributed by atoms with Crippen LogP contribution in [0.3, 0.4) is 0 Å². The van der Waals surface area contributed by atoms with Crippen LogP contribution in [0.2, 0.25) is 0 Å². The van der Waals surface area contributed by atoms with Crippen molar-refractivity contribution in [3.05, 3.63) is 65.9 Å². The molecular formula is C23H29N3O2S. The minimum absolute atomic E-state index is 0.318. The number of piperazine rings is 1. The molecule has 154 valence electrons. The Balaban J connectivity index is 1.60. The highest BCUT2D eigenvalue weighted by atomic mass is 32.2. The summed E-state index contributed by atoms with van der Waals surface area (Å²) >= 11 is 0. The molecule has 0 bridgehead atoms. The molecule has 3 aromatic rings. The Hall–Kier alpha value is -2.15. The van der Waals surface area contributed by atoms with Gasteiger partial charge in [-0.2, -0.15) is 0 Å². The predicted molar refractivity (Wildman–Crippen MR) is 118 cm³/mol. The zero-order valence-electron chi connectivity index (χ0n) is 17.2. The standard InChI is InChI=1S/C23H29N3O2S/c1-3-12-24-14-16-25(17-15-24)18-20-5-4-6-23-22(20)11-13-26(23)29(27,28)21-9-7-19(2)8-10-21/h4-11,13H,3,12,14-18H2,1-2H3. The fourth-order valence-electron chi connectivity index (χ4n) is 4.11. The molecule has 0 amide bonds. The minimum Gasteiger partial charge on any atom is -0.301 e. The third-order valence-electron chi connectivity index (χ3n) is 5.76. The van der Waals surface area contributed by atoms with E-state index in [1.54, 1.807) is 18.3 Å². The lowest BCUT2D eigenvalue weighted by Gasteiger charge is -2.34. The molecule has 2 aromatic carbocycles. The highest BCUT2D eigenvalue weighted by Crippen LogP contribution is 2.26. The number of hydrogen-bond donors (Lipinski definition) is 0. The van der Waals surface area contributed by atoms with Gasteiger partial charge in [-0.1, -0.05) is 36.8 Å². The largest absolute Gasteiger partial charge is 0.301 e. The van der Waals surface area contributed by atoms with Gasteiger partial charge < -0.3 is 4.90 Å². The van der Waals surface area contributed by atoms with Gasteiger partial charge in [-0.15, -0.1) is 0 Å². The topological polar surface area (TPSA) is 45.5 Å². The Kier molecular flexibility index (Phi) is 5.76. The van der Waals surface area contributed by atoms with Gasteiger partial charge in [-0.3, -0.25) is 4.90 Å². The molecule has 0 atom stereocenters. The van der Waals surface area contributed by atoms with Crippen molar-refractivity contribution in [2.45, 2.75) is 31.7 Å². The molecule has 2 heterocycles. The van der Waals surface area contributed by atoms with E-state index in [2.05, 4.69) is 22.8 Å². The van der Waals surface area contributed by atoms with Gasteiger partial charge in [0, 0.05) is 44.3 Å². The monoisotopic (exact) mass is 411 g/mol. The Morgan fingerprint density at radius 3 is 2.28 bits per heavy atom. The van der Waals surface area contributed by atoms with E-state index < -0.39 is 10.0 Å². The van der Waals surface area contributed by atoms with Crippen molar-refractivity contribution in [3.8, 4) is 0 Å². The Bertz CT molecular complexity index is 1080. The minimum atomic E-state index is -3.61. The number of aromatic nitrogens is 1. The van der Waals surface area contributed by atoms with E-state index in [1.807, 2.05) is 37.3 Å². The fraction of sp³-hybridized carbons (Fsp3) is 0.391. The van der Waals surface area contributed by atoms with Crippen LogP contribution in [0.4, 0.5) is 0 Å². The second kappa shape index (κ2) is 8.30. The Morgan fingerprint density at radius 2 is 1.59 bits per heavy atom. The molecular weight excluding hydrogens is 382 g/mol. The van der Waals surface area contributed by atoms with E-state index in [9.17, 15) is 8.42 Å². The van der Waals surface area contributed by atoms with Crippen LogP contribution >= 0.6 is 0 Å². The van der Waals surface area contributed by atoms with E-state index in [-0.39, 0.29) is 0 Å². The summed E-state index contributed by atoms with van der Waals surface area (Å²) in [5.41, 5.74) is 2.97. The average Bonchev–Trinajstić information content (AvgIpc) is 3.16. The molecule has 0 saturated carbocycles. The molecule has 0 N–H and O–H groups in total. The molecule has 6 heteroatoms. The van der Waals surface area contributed by atoms with E-state index in [0.29, 0.717) is 4.90 Å². The van der Waals surface area contributed by atoms with Crippen LogP contribution in [-0.2, 0) is 16.6 Å². The van der Waals surface area contributed by atoms with E-state index in [4.69, 9.17) is 0 Å². The van der Waals surface area contributed by atoms with Gasteiger partial charge in [0.1, 0.15) is 0 Å². The molecule has 0 aliphatic carbocycles. The summed E-state index contributed by atoms with van der Waals surface area (Å²) in [6.07, 6.45) is 2.88. The number of rotatable bonds is 6. The number of aryl methyl sites for hydroxylation is 1. The van der Waals surface area contributed by atoms with Gasteiger partial charge in [0.25, 0.3) is 10.0 Å². The normalized spacial score (nSPS) is 16.5. The first kappa shape index (κ1) is 20.1. The van der Waals surface area contributed by atoms with E-state index >= 15 is 0 Å². The van der Waals surface area contributed by atoms with Crippen molar-refractivity contribution in [3.63, 3.8) is 0 Å². The number of fused-ring (bicyclic) bond motifs is 1. The smallest absolute Gasteiger partial charge is 0.268 e. The maximum atomic E-state index is 13.2. The van der Waals surface area contributed by atoms with Crippen LogP contribution in [-0.4, -0.2) is 54.9 Å². The lowest BCUT2D eigenvalue weighted by Crippen LogP contribution is -2.45. The molecule has 0 unspecified atom stereocenters. The van der Waals surface area contributed by atoms with Crippen LogP contribution in [0.5, 0.6) is 0 Å². The zero-order valence-corrected chi connectivity index (χ0v) is 18.0. The second-order valence-electron chi connectivity index (χ2n) is 7.90. The van der Waals surface area contributed by atoms with Crippen LogP contribution < -0.4 is 0 Å². The SMILES string of the molecule is CCCN1CCN(Cc2cccc3c2ccn3S(=O)(=O)c2ccc(C)cc2)CC1. The summed E-state index contributed by atoms with van der Waals surface area (Å²) in [6.45, 7) is 10.5. The molecule has 1 aliphatic heterocycles. The number of hydrogen-bond acceptors (Lipinski definition) is 4. The first-order valence-corrected chi connectivity index (χ1v) is 11.8. The summed E-state index contributed by atoms with van der Waals surface area (Å²) in [5, 5.41) is 1.01. The van der Waals surface area contributed by atoms with Crippen LogP contribution in [0.25, 0.3) is 10.9 Å². The maximum Gasteiger partial charge on any atom is 0.268 e. The third-order valence-corrected chi connectivity index (χ3v) is 7.47. The summed E-state index contributed by atoms with van der Waals surface area (Å²) in [4.78, 5) is 5.30. The van der Waals surface area contributed by atoms with Crippen molar-refractivity contribution in [1.29, 1.82) is 0 Å². The van der Waals surface area contributed by atoms with Gasteiger partial charge in [-0.25, -0.2) is 12.4 Å². The van der Waals surface area contributed by atoms with Crippen LogP contribution in [0, 0.1) is 6.92 Å². The van der Waals surface area contributed by atoms with E-state index in [0.717, 1.165) is 49.2 Å². The summed E-state index contributed by atoms with van der Waals surface area (Å²) < 4.78 is 27.7. The van der Waals surface area contributed by atoms with Crippen molar-refractivity contribution < 1.29 is 8.42 Å². The molecule has 0 radical (unpaired) electrons. The molecule has 4 rings (SSSR count). The van der Waals surface area contributed by atoms with Gasteiger partial charge in [0.2, 0.25) is 0 Å². The van der Waals surface area contributed by atoms with Crippen molar-refractivity contribution in [1.82, 2.24) is 13.8 Å². The second-order valence-corrected chi connectivity index (χ2v) is 9.71. The first-order chi connectivity index (χ1) is 14.0. The lowest BCUT2D eigenvalue weighted by atomic mass is 10.1. The van der Waals surface area contributed by atoms with Gasteiger partial charge in [-0.05, 0) is 49.7 Å². The van der Waals surface area contributed by atoms with Crippen molar-refractivity contribution in [2.75, 3.05) is 32.7 Å². The van der Waals surface area contributed by atoms with Gasteiger partial charge in [0.15, 0.2) is 0 Å². The average molecular weight is 412 g/mol. The van der Waals surface area contributed by atoms with Gasteiger partial charge >= 0.3 is 0 Å². The Labute approximate surface area is 173 Å².